The van der Waals surface area contributed by atoms with Crippen LogP contribution in [0.1, 0.15) is 5.69 Å². The summed E-state index contributed by atoms with van der Waals surface area (Å²) in [4.78, 5) is 8.40. The second kappa shape index (κ2) is 5.49. The molecule has 3 rings (SSSR count). The van der Waals surface area contributed by atoms with Crippen molar-refractivity contribution in [3.8, 4) is 0 Å². The van der Waals surface area contributed by atoms with E-state index in [1.54, 1.807) is 24.5 Å². The molecule has 0 amide bonds. The van der Waals surface area contributed by atoms with Gasteiger partial charge in [0.25, 0.3) is 0 Å². The van der Waals surface area contributed by atoms with Crippen LogP contribution in [0.4, 0.5) is 10.1 Å². The van der Waals surface area contributed by atoms with Gasteiger partial charge in [-0.25, -0.2) is 14.4 Å². The second-order valence-corrected chi connectivity index (χ2v) is 5.84. The predicted octanol–water partition coefficient (Wildman–Crippen LogP) is 4.01. The van der Waals surface area contributed by atoms with Gasteiger partial charge in [0.2, 0.25) is 0 Å². The van der Waals surface area contributed by atoms with Gasteiger partial charge in [-0.3, -0.25) is 4.40 Å². The van der Waals surface area contributed by atoms with Crippen molar-refractivity contribution in [1.82, 2.24) is 14.4 Å². The van der Waals surface area contributed by atoms with Crippen LogP contribution in [0, 0.1) is 5.82 Å². The summed E-state index contributed by atoms with van der Waals surface area (Å²) in [6.45, 7) is 0.579. The fraction of sp³-hybridized carbons (Fsp3) is 0.0769. The molecule has 0 saturated carbocycles. The summed E-state index contributed by atoms with van der Waals surface area (Å²) in [6, 6.07) is 4.82. The Morgan fingerprint density at radius 3 is 2.85 bits per heavy atom. The van der Waals surface area contributed by atoms with E-state index < -0.39 is 0 Å². The van der Waals surface area contributed by atoms with Crippen molar-refractivity contribution in [3.05, 3.63) is 57.4 Å². The molecule has 0 radical (unpaired) electrons. The first-order chi connectivity index (χ1) is 9.63. The topological polar surface area (TPSA) is 42.2 Å². The molecule has 0 unspecified atom stereocenters. The average molecular weight is 400 g/mol. The zero-order valence-corrected chi connectivity index (χ0v) is 13.3. The van der Waals surface area contributed by atoms with Crippen molar-refractivity contribution >= 4 is 43.2 Å². The summed E-state index contributed by atoms with van der Waals surface area (Å²) in [7, 11) is 0. The Bertz CT molecular complexity index is 772. The van der Waals surface area contributed by atoms with E-state index in [0.717, 1.165) is 21.6 Å². The van der Waals surface area contributed by atoms with Gasteiger partial charge in [0.05, 0.1) is 29.1 Å². The third kappa shape index (κ3) is 2.69. The highest BCUT2D eigenvalue weighted by atomic mass is 79.9. The number of benzene rings is 1. The largest absolute Gasteiger partial charge is 0.379 e. The van der Waals surface area contributed by atoms with Crippen molar-refractivity contribution in [2.45, 2.75) is 6.54 Å². The summed E-state index contributed by atoms with van der Waals surface area (Å²) < 4.78 is 16.3. The molecule has 0 spiro atoms. The average Bonchev–Trinajstić information content (AvgIpc) is 2.82. The smallest absolute Gasteiger partial charge is 0.155 e. The van der Waals surface area contributed by atoms with E-state index >= 15 is 0 Å². The van der Waals surface area contributed by atoms with E-state index in [9.17, 15) is 4.39 Å². The van der Waals surface area contributed by atoms with Gasteiger partial charge >= 0.3 is 0 Å². The van der Waals surface area contributed by atoms with Crippen LogP contribution in [0.15, 0.2) is 45.9 Å². The number of aromatic nitrogens is 3. The summed E-state index contributed by atoms with van der Waals surface area (Å²) in [5, 5.41) is 3.23. The fourth-order valence-electron chi connectivity index (χ4n) is 1.85. The summed E-state index contributed by atoms with van der Waals surface area (Å²) >= 11 is 6.50. The van der Waals surface area contributed by atoms with Crippen molar-refractivity contribution in [3.63, 3.8) is 0 Å². The van der Waals surface area contributed by atoms with Gasteiger partial charge < -0.3 is 5.32 Å². The van der Waals surface area contributed by atoms with Gasteiger partial charge in [-0.1, -0.05) is 0 Å². The van der Waals surface area contributed by atoms with E-state index in [4.69, 9.17) is 0 Å². The van der Waals surface area contributed by atoms with Crippen molar-refractivity contribution < 1.29 is 4.39 Å². The molecule has 0 aliphatic rings. The zero-order valence-electron chi connectivity index (χ0n) is 10.1. The Labute approximate surface area is 131 Å². The molecule has 0 atom stereocenters. The van der Waals surface area contributed by atoms with Crippen molar-refractivity contribution in [2.24, 2.45) is 0 Å². The minimum atomic E-state index is -0.277. The molecule has 2 aromatic heterocycles. The highest BCUT2D eigenvalue weighted by Gasteiger charge is 2.05. The molecule has 0 aliphatic carbocycles. The number of nitrogens with one attached hydrogen (secondary N) is 1. The van der Waals surface area contributed by atoms with E-state index in [1.165, 1.54) is 6.07 Å². The van der Waals surface area contributed by atoms with Gasteiger partial charge in [-0.15, -0.1) is 0 Å². The first kappa shape index (κ1) is 13.5. The lowest BCUT2D eigenvalue weighted by Gasteiger charge is -2.07. The first-order valence-corrected chi connectivity index (χ1v) is 7.38. The molecule has 2 heterocycles. The van der Waals surface area contributed by atoms with Crippen LogP contribution in [-0.2, 0) is 6.54 Å². The number of hydrogen-bond acceptors (Lipinski definition) is 3. The lowest BCUT2D eigenvalue weighted by atomic mass is 10.3. The summed E-state index contributed by atoms with van der Waals surface area (Å²) in [5.41, 5.74) is 2.61. The molecule has 102 valence electrons. The molecule has 7 heteroatoms. The molecule has 1 aromatic carbocycles. The lowest BCUT2D eigenvalue weighted by Crippen LogP contribution is -2.03. The Morgan fingerprint density at radius 2 is 2.05 bits per heavy atom. The quantitative estimate of drug-likeness (QED) is 0.723. The van der Waals surface area contributed by atoms with E-state index in [0.29, 0.717) is 11.0 Å². The number of fused-ring (bicyclic) bond motifs is 1. The molecular formula is C13H9Br2FN4. The molecule has 20 heavy (non-hydrogen) atoms. The van der Waals surface area contributed by atoms with Crippen LogP contribution in [-0.4, -0.2) is 14.4 Å². The van der Waals surface area contributed by atoms with Crippen LogP contribution in [0.2, 0.25) is 0 Å². The molecule has 1 N–H and O–H groups in total. The SMILES string of the molecule is Fc1ccc(NCc2cnc3cnc(Br)cn23)cc1Br. The number of rotatable bonds is 3. The van der Waals surface area contributed by atoms with Crippen molar-refractivity contribution in [2.75, 3.05) is 5.32 Å². The minimum absolute atomic E-state index is 0.277. The zero-order chi connectivity index (χ0) is 14.1. The molecule has 0 fully saturated rings. The highest BCUT2D eigenvalue weighted by Crippen LogP contribution is 2.20. The van der Waals surface area contributed by atoms with Crippen molar-refractivity contribution in [1.29, 1.82) is 0 Å². The molecular weight excluding hydrogens is 391 g/mol. The summed E-state index contributed by atoms with van der Waals surface area (Å²) in [5.74, 6) is -0.277. The third-order valence-corrected chi connectivity index (χ3v) is 3.85. The molecule has 0 saturated heterocycles. The van der Waals surface area contributed by atoms with Gasteiger partial charge in [-0.05, 0) is 50.1 Å². The van der Waals surface area contributed by atoms with Gasteiger partial charge in [0.15, 0.2) is 5.65 Å². The second-order valence-electron chi connectivity index (χ2n) is 4.17. The standard InChI is InChI=1S/C13H9Br2FN4/c14-10-3-8(1-2-11(10)16)17-4-9-5-19-13-6-18-12(15)7-20(9)13/h1-3,5-7,17H,4H2. The number of anilines is 1. The number of imidazole rings is 1. The number of halogens is 3. The lowest BCUT2D eigenvalue weighted by molar-refractivity contribution is 0.621. The van der Waals surface area contributed by atoms with Gasteiger partial charge in [0, 0.05) is 11.9 Å². The maximum Gasteiger partial charge on any atom is 0.155 e. The monoisotopic (exact) mass is 398 g/mol. The Hall–Kier alpha value is -1.47. The maximum atomic E-state index is 13.2. The van der Waals surface area contributed by atoms with Crippen LogP contribution in [0.3, 0.4) is 0 Å². The Morgan fingerprint density at radius 1 is 1.20 bits per heavy atom. The van der Waals surface area contributed by atoms with Crippen LogP contribution in [0.25, 0.3) is 5.65 Å². The third-order valence-electron chi connectivity index (χ3n) is 2.83. The maximum absolute atomic E-state index is 13.2. The van der Waals surface area contributed by atoms with Gasteiger partial charge in [0.1, 0.15) is 10.4 Å². The first-order valence-electron chi connectivity index (χ1n) is 5.80. The normalized spacial score (nSPS) is 10.9. The van der Waals surface area contributed by atoms with Gasteiger partial charge in [-0.2, -0.15) is 0 Å². The molecule has 4 nitrogen and oxygen atoms in total. The van der Waals surface area contributed by atoms with E-state index in [-0.39, 0.29) is 5.82 Å². The Balaban J connectivity index is 1.83. The van der Waals surface area contributed by atoms with E-state index in [1.807, 2.05) is 10.6 Å². The molecule has 3 aromatic rings. The van der Waals surface area contributed by atoms with E-state index in [2.05, 4.69) is 47.1 Å². The van der Waals surface area contributed by atoms with Crippen LogP contribution >= 0.6 is 31.9 Å². The minimum Gasteiger partial charge on any atom is -0.379 e. The Kier molecular flexibility index (Phi) is 3.71. The predicted molar refractivity (Wildman–Crippen MR) is 82.1 cm³/mol. The van der Waals surface area contributed by atoms with Crippen LogP contribution < -0.4 is 5.32 Å². The molecule has 0 aliphatic heterocycles. The fourth-order valence-corrected chi connectivity index (χ4v) is 2.53. The van der Waals surface area contributed by atoms with Crippen LogP contribution in [0.5, 0.6) is 0 Å². The number of nitrogens with zero attached hydrogens (tertiary/aromatic N) is 3. The summed E-state index contributed by atoms with van der Waals surface area (Å²) in [6.07, 6.45) is 5.34. The molecule has 0 bridgehead atoms. The number of hydrogen-bond donors (Lipinski definition) is 1. The highest BCUT2D eigenvalue weighted by molar-refractivity contribution is 9.10.